The van der Waals surface area contributed by atoms with E-state index in [2.05, 4.69) is 10.3 Å². The number of rotatable bonds is 7. The van der Waals surface area contributed by atoms with Gasteiger partial charge in [-0.3, -0.25) is 4.79 Å². The van der Waals surface area contributed by atoms with Crippen molar-refractivity contribution in [2.24, 2.45) is 0 Å². The van der Waals surface area contributed by atoms with E-state index in [-0.39, 0.29) is 6.42 Å². The Morgan fingerprint density at radius 3 is 2.86 bits per heavy atom. The number of carbonyl (C=O) groups is 1. The van der Waals surface area contributed by atoms with Crippen molar-refractivity contribution in [2.45, 2.75) is 32.6 Å². The average Bonchev–Trinajstić information content (AvgIpc) is 2.43. The van der Waals surface area contributed by atoms with E-state index in [9.17, 15) is 4.79 Å². The topological polar surface area (TPSA) is 88.2 Å². The fourth-order valence-corrected chi connectivity index (χ4v) is 2.35. The molecule has 0 amide bonds. The van der Waals surface area contributed by atoms with E-state index in [1.54, 1.807) is 0 Å². The zero-order chi connectivity index (χ0) is 15.2. The molecule has 0 aliphatic carbocycles. The molecule has 1 heterocycles. The summed E-state index contributed by atoms with van der Waals surface area (Å²) in [5.41, 5.74) is 7.68. The van der Waals surface area contributed by atoms with Crippen LogP contribution in [0.4, 0.5) is 11.5 Å². The summed E-state index contributed by atoms with van der Waals surface area (Å²) < 4.78 is 0. The van der Waals surface area contributed by atoms with Crippen LogP contribution in [0, 0.1) is 6.92 Å². The molecule has 0 saturated carbocycles. The molecule has 2 aromatic rings. The van der Waals surface area contributed by atoms with Crippen LogP contribution in [0.5, 0.6) is 0 Å². The first-order chi connectivity index (χ1) is 10.1. The lowest BCUT2D eigenvalue weighted by atomic mass is 10.1. The van der Waals surface area contributed by atoms with Gasteiger partial charge in [0.05, 0.1) is 0 Å². The summed E-state index contributed by atoms with van der Waals surface area (Å²) in [5, 5.41) is 13.9. The number of nitrogens with one attached hydrogen (secondary N) is 1. The summed E-state index contributed by atoms with van der Waals surface area (Å²) in [6, 6.07) is 7.80. The molecule has 4 N–H and O–H groups in total. The number of aromatic nitrogens is 1. The van der Waals surface area contributed by atoms with E-state index in [4.69, 9.17) is 10.8 Å². The second-order valence-corrected chi connectivity index (χ2v) is 5.19. The van der Waals surface area contributed by atoms with Crippen molar-refractivity contribution in [3.05, 3.63) is 30.0 Å². The van der Waals surface area contributed by atoms with Gasteiger partial charge in [-0.2, -0.15) is 0 Å². The van der Waals surface area contributed by atoms with Crippen molar-refractivity contribution in [3.63, 3.8) is 0 Å². The number of nitrogens with two attached hydrogens (primary N) is 1. The number of benzene rings is 1. The van der Waals surface area contributed by atoms with Crippen molar-refractivity contribution >= 4 is 28.2 Å². The first-order valence-corrected chi connectivity index (χ1v) is 7.19. The molecule has 5 nitrogen and oxygen atoms in total. The van der Waals surface area contributed by atoms with E-state index in [0.29, 0.717) is 6.42 Å². The van der Waals surface area contributed by atoms with Crippen molar-refractivity contribution in [1.29, 1.82) is 0 Å². The molecule has 0 aliphatic heterocycles. The maximum absolute atomic E-state index is 10.4. The van der Waals surface area contributed by atoms with Crippen molar-refractivity contribution < 1.29 is 9.90 Å². The fourth-order valence-electron chi connectivity index (χ4n) is 2.35. The van der Waals surface area contributed by atoms with Crippen LogP contribution >= 0.6 is 0 Å². The minimum atomic E-state index is -0.732. The molecule has 0 saturated heterocycles. The molecule has 0 spiro atoms. The highest BCUT2D eigenvalue weighted by atomic mass is 16.4. The number of carboxylic acid groups (broad SMARTS) is 1. The number of nitrogens with zero attached hydrogens (tertiary/aromatic N) is 1. The number of hydrogen-bond donors (Lipinski definition) is 3. The molecule has 0 bridgehead atoms. The van der Waals surface area contributed by atoms with Gasteiger partial charge in [0.15, 0.2) is 0 Å². The number of unbranched alkanes of at least 4 members (excludes halogenated alkanes) is 2. The largest absolute Gasteiger partial charge is 0.481 e. The number of aliphatic carboxylic acids is 1. The first-order valence-electron chi connectivity index (χ1n) is 7.19. The van der Waals surface area contributed by atoms with Crippen LogP contribution in [-0.2, 0) is 4.79 Å². The molecule has 0 aliphatic rings. The lowest BCUT2D eigenvalue weighted by Crippen LogP contribution is -2.05. The molecular weight excluding hydrogens is 266 g/mol. The number of anilines is 2. The Morgan fingerprint density at radius 2 is 2.10 bits per heavy atom. The normalized spacial score (nSPS) is 10.7. The van der Waals surface area contributed by atoms with Crippen molar-refractivity contribution in [2.75, 3.05) is 17.6 Å². The average molecular weight is 287 g/mol. The van der Waals surface area contributed by atoms with Gasteiger partial charge < -0.3 is 16.2 Å². The highest BCUT2D eigenvalue weighted by Crippen LogP contribution is 2.27. The summed E-state index contributed by atoms with van der Waals surface area (Å²) in [7, 11) is 0. The van der Waals surface area contributed by atoms with Crippen LogP contribution in [0.1, 0.15) is 31.4 Å². The monoisotopic (exact) mass is 287 g/mol. The summed E-state index contributed by atoms with van der Waals surface area (Å²) in [6.45, 7) is 2.73. The lowest BCUT2D eigenvalue weighted by molar-refractivity contribution is -0.137. The Balaban J connectivity index is 1.99. The third-order valence-electron chi connectivity index (χ3n) is 3.40. The molecule has 5 heteroatoms. The van der Waals surface area contributed by atoms with E-state index in [1.807, 2.05) is 31.2 Å². The molecule has 0 atom stereocenters. The summed E-state index contributed by atoms with van der Waals surface area (Å²) in [4.78, 5) is 15.0. The molecular formula is C16H21N3O2. The van der Waals surface area contributed by atoms with Gasteiger partial charge in [0.1, 0.15) is 5.82 Å². The Bertz CT molecular complexity index is 641. The first kappa shape index (κ1) is 15.1. The predicted molar refractivity (Wildman–Crippen MR) is 85.5 cm³/mol. The second-order valence-electron chi connectivity index (χ2n) is 5.19. The number of aryl methyl sites for hydroxylation is 1. The highest BCUT2D eigenvalue weighted by Gasteiger charge is 2.06. The van der Waals surface area contributed by atoms with Gasteiger partial charge in [-0.25, -0.2) is 4.98 Å². The van der Waals surface area contributed by atoms with Gasteiger partial charge in [0, 0.05) is 35.1 Å². The molecule has 1 aromatic carbocycles. The predicted octanol–water partition coefficient (Wildman–Crippen LogP) is 3.18. The third kappa shape index (κ3) is 4.08. The van der Waals surface area contributed by atoms with Gasteiger partial charge in [0.2, 0.25) is 0 Å². The SMILES string of the molecule is Cc1cc2c(N)cccc2c(NCCCCCC(=O)O)n1. The van der Waals surface area contributed by atoms with Gasteiger partial charge >= 0.3 is 5.97 Å². The fraction of sp³-hybridized carbons (Fsp3) is 0.375. The Labute approximate surface area is 124 Å². The van der Waals surface area contributed by atoms with Crippen LogP contribution in [0.3, 0.4) is 0 Å². The maximum atomic E-state index is 10.4. The van der Waals surface area contributed by atoms with Crippen molar-refractivity contribution in [3.8, 4) is 0 Å². The molecule has 0 radical (unpaired) electrons. The zero-order valence-electron chi connectivity index (χ0n) is 12.2. The Morgan fingerprint density at radius 1 is 1.29 bits per heavy atom. The zero-order valence-corrected chi connectivity index (χ0v) is 12.2. The van der Waals surface area contributed by atoms with Gasteiger partial charge in [-0.15, -0.1) is 0 Å². The van der Waals surface area contributed by atoms with Crippen LogP contribution in [0.2, 0.25) is 0 Å². The quantitative estimate of drug-likeness (QED) is 0.537. The van der Waals surface area contributed by atoms with Crippen LogP contribution in [0.25, 0.3) is 10.8 Å². The Kier molecular flexibility index (Phi) is 4.98. The standard InChI is InChI=1S/C16H21N3O2/c1-11-10-13-12(6-5-7-14(13)17)16(19-11)18-9-4-2-3-8-15(20)21/h5-7,10H,2-4,8-9,17H2,1H3,(H,18,19)(H,20,21). The second kappa shape index (κ2) is 6.92. The smallest absolute Gasteiger partial charge is 0.303 e. The van der Waals surface area contributed by atoms with E-state index in [1.165, 1.54) is 0 Å². The summed E-state index contributed by atoms with van der Waals surface area (Å²) in [5.74, 6) is 0.111. The number of pyridine rings is 1. The van der Waals surface area contributed by atoms with Crippen LogP contribution in [0.15, 0.2) is 24.3 Å². The van der Waals surface area contributed by atoms with E-state index >= 15 is 0 Å². The van der Waals surface area contributed by atoms with Gasteiger partial charge in [-0.05, 0) is 31.9 Å². The minimum absolute atomic E-state index is 0.238. The summed E-state index contributed by atoms with van der Waals surface area (Å²) >= 11 is 0. The number of carboxylic acids is 1. The number of fused-ring (bicyclic) bond motifs is 1. The molecule has 112 valence electrons. The van der Waals surface area contributed by atoms with Gasteiger partial charge in [-0.1, -0.05) is 18.6 Å². The molecule has 1 aromatic heterocycles. The van der Waals surface area contributed by atoms with Gasteiger partial charge in [0.25, 0.3) is 0 Å². The van der Waals surface area contributed by atoms with E-state index < -0.39 is 5.97 Å². The van der Waals surface area contributed by atoms with E-state index in [0.717, 1.165) is 47.4 Å². The number of nitrogen functional groups attached to an aromatic ring is 1. The number of hydrogen-bond acceptors (Lipinski definition) is 4. The molecule has 2 rings (SSSR count). The minimum Gasteiger partial charge on any atom is -0.481 e. The third-order valence-corrected chi connectivity index (χ3v) is 3.40. The molecule has 0 fully saturated rings. The molecule has 0 unspecified atom stereocenters. The van der Waals surface area contributed by atoms with Crippen LogP contribution in [-0.4, -0.2) is 22.6 Å². The van der Waals surface area contributed by atoms with Crippen molar-refractivity contribution in [1.82, 2.24) is 4.98 Å². The highest BCUT2D eigenvalue weighted by molar-refractivity contribution is 5.99. The van der Waals surface area contributed by atoms with Crippen LogP contribution < -0.4 is 11.1 Å². The maximum Gasteiger partial charge on any atom is 0.303 e. The summed E-state index contributed by atoms with van der Waals surface area (Å²) in [6.07, 6.45) is 2.77. The molecule has 21 heavy (non-hydrogen) atoms. The lowest BCUT2D eigenvalue weighted by Gasteiger charge is -2.11. The Hall–Kier alpha value is -2.30.